The van der Waals surface area contributed by atoms with Gasteiger partial charge in [-0.3, -0.25) is 14.2 Å². The van der Waals surface area contributed by atoms with Crippen LogP contribution in [0.1, 0.15) is 33.9 Å². The van der Waals surface area contributed by atoms with E-state index >= 15 is 0 Å². The Morgan fingerprint density at radius 2 is 1.86 bits per heavy atom. The van der Waals surface area contributed by atoms with E-state index in [1.165, 1.54) is 0 Å². The summed E-state index contributed by atoms with van der Waals surface area (Å²) in [6.45, 7) is 5.38. The molecule has 2 heterocycles. The van der Waals surface area contributed by atoms with E-state index in [0.717, 1.165) is 11.4 Å². The topological polar surface area (TPSA) is 83.6 Å². The average molecular weight is 382 g/mol. The number of nitrogens with zero attached hydrogens (tertiary/aromatic N) is 2. The molecule has 0 unspecified atom stereocenters. The first-order valence-electron chi connectivity index (χ1n) is 8.95. The molecule has 0 spiro atoms. The van der Waals surface area contributed by atoms with Crippen molar-refractivity contribution in [1.29, 1.82) is 0 Å². The lowest BCUT2D eigenvalue weighted by molar-refractivity contribution is -0.143. The van der Waals surface area contributed by atoms with Gasteiger partial charge >= 0.3 is 5.97 Å². The SMILES string of the molecule is Cc1cc(-n2c(C)cc(C(=O)COC(=O)CCOc3ccccc3)c2C)no1. The second-order valence-electron chi connectivity index (χ2n) is 6.41. The number of carbonyl (C=O) groups excluding carboxylic acids is 2. The fraction of sp³-hybridized carbons (Fsp3) is 0.286. The van der Waals surface area contributed by atoms with Crippen molar-refractivity contribution in [2.24, 2.45) is 0 Å². The number of Topliss-reactive ketones (excluding diaryl/α,β-unsaturated/α-hetero) is 1. The Bertz CT molecular complexity index is 972. The molecule has 146 valence electrons. The Balaban J connectivity index is 1.54. The van der Waals surface area contributed by atoms with Crippen molar-refractivity contribution in [3.63, 3.8) is 0 Å². The summed E-state index contributed by atoms with van der Waals surface area (Å²) in [6.07, 6.45) is 0.0689. The first-order chi connectivity index (χ1) is 13.5. The standard InChI is InChI=1S/C21H22N2O5/c1-14-11-18(16(3)23(14)20-12-15(2)28-22-20)19(24)13-27-21(25)9-10-26-17-7-5-4-6-8-17/h4-8,11-12H,9-10,13H2,1-3H3. The van der Waals surface area contributed by atoms with Crippen LogP contribution in [0.2, 0.25) is 0 Å². The zero-order valence-electron chi connectivity index (χ0n) is 16.1. The number of hydrogen-bond donors (Lipinski definition) is 0. The Labute approximate surface area is 162 Å². The monoisotopic (exact) mass is 382 g/mol. The van der Waals surface area contributed by atoms with Gasteiger partial charge in [0.25, 0.3) is 0 Å². The van der Waals surface area contributed by atoms with E-state index in [-0.39, 0.29) is 25.4 Å². The molecule has 0 saturated carbocycles. The fourth-order valence-electron chi connectivity index (χ4n) is 2.92. The molecule has 0 amide bonds. The van der Waals surface area contributed by atoms with Gasteiger partial charge in [-0.15, -0.1) is 0 Å². The molecule has 0 atom stereocenters. The first kappa shape index (κ1) is 19.4. The largest absolute Gasteiger partial charge is 0.493 e. The van der Waals surface area contributed by atoms with Crippen molar-refractivity contribution in [2.75, 3.05) is 13.2 Å². The third-order valence-electron chi connectivity index (χ3n) is 4.26. The van der Waals surface area contributed by atoms with Crippen molar-refractivity contribution in [3.05, 3.63) is 65.2 Å². The van der Waals surface area contributed by atoms with Crippen LogP contribution in [-0.2, 0) is 9.53 Å². The maximum absolute atomic E-state index is 12.5. The van der Waals surface area contributed by atoms with E-state index in [1.807, 2.05) is 36.6 Å². The van der Waals surface area contributed by atoms with Crippen LogP contribution in [0.25, 0.3) is 5.82 Å². The number of carbonyl (C=O) groups is 2. The van der Waals surface area contributed by atoms with E-state index in [0.29, 0.717) is 22.9 Å². The zero-order valence-corrected chi connectivity index (χ0v) is 16.1. The van der Waals surface area contributed by atoms with E-state index in [9.17, 15) is 9.59 Å². The van der Waals surface area contributed by atoms with Crippen LogP contribution in [0, 0.1) is 20.8 Å². The van der Waals surface area contributed by atoms with Crippen molar-refractivity contribution < 1.29 is 23.6 Å². The fourth-order valence-corrected chi connectivity index (χ4v) is 2.92. The molecule has 3 rings (SSSR count). The molecule has 3 aromatic rings. The van der Waals surface area contributed by atoms with Crippen LogP contribution in [0.15, 0.2) is 47.0 Å². The lowest BCUT2D eigenvalue weighted by atomic mass is 10.1. The average Bonchev–Trinajstić information content (AvgIpc) is 3.23. The molecule has 0 fully saturated rings. The second-order valence-corrected chi connectivity index (χ2v) is 6.41. The minimum atomic E-state index is -0.481. The molecule has 0 saturated heterocycles. The van der Waals surface area contributed by atoms with Gasteiger partial charge in [0.05, 0.1) is 13.0 Å². The van der Waals surface area contributed by atoms with Gasteiger partial charge in [0, 0.05) is 23.0 Å². The first-order valence-corrected chi connectivity index (χ1v) is 8.95. The number of benzene rings is 1. The number of aryl methyl sites for hydroxylation is 2. The molecule has 0 radical (unpaired) electrons. The third-order valence-corrected chi connectivity index (χ3v) is 4.26. The van der Waals surface area contributed by atoms with Gasteiger partial charge in [0.15, 0.2) is 12.4 Å². The van der Waals surface area contributed by atoms with Crippen LogP contribution < -0.4 is 4.74 Å². The summed E-state index contributed by atoms with van der Waals surface area (Å²) < 4.78 is 17.5. The third kappa shape index (κ3) is 4.49. The van der Waals surface area contributed by atoms with E-state index in [2.05, 4.69) is 5.16 Å². The van der Waals surface area contributed by atoms with Crippen molar-refractivity contribution in [2.45, 2.75) is 27.2 Å². The van der Waals surface area contributed by atoms with Gasteiger partial charge in [-0.05, 0) is 39.0 Å². The molecule has 2 aromatic heterocycles. The predicted octanol–water partition coefficient (Wildman–Crippen LogP) is 3.59. The number of aromatic nitrogens is 2. The van der Waals surface area contributed by atoms with E-state index in [4.69, 9.17) is 14.0 Å². The number of ketones is 1. The lowest BCUT2D eigenvalue weighted by Crippen LogP contribution is -2.16. The molecule has 0 aliphatic rings. The predicted molar refractivity (Wildman–Crippen MR) is 102 cm³/mol. The number of rotatable bonds is 8. The molecular formula is C21H22N2O5. The normalized spacial score (nSPS) is 10.7. The van der Waals surface area contributed by atoms with Crippen LogP contribution >= 0.6 is 0 Å². The van der Waals surface area contributed by atoms with Crippen molar-refractivity contribution >= 4 is 11.8 Å². The molecule has 0 N–H and O–H groups in total. The zero-order chi connectivity index (χ0) is 20.1. The molecule has 0 bridgehead atoms. The summed E-state index contributed by atoms with van der Waals surface area (Å²) in [6, 6.07) is 12.7. The van der Waals surface area contributed by atoms with Crippen molar-refractivity contribution in [3.8, 4) is 11.6 Å². The van der Waals surface area contributed by atoms with Crippen LogP contribution in [0.5, 0.6) is 5.75 Å². The maximum atomic E-state index is 12.5. The lowest BCUT2D eigenvalue weighted by Gasteiger charge is -2.07. The molecular weight excluding hydrogens is 360 g/mol. The summed E-state index contributed by atoms with van der Waals surface area (Å²) in [7, 11) is 0. The molecule has 1 aromatic carbocycles. The minimum Gasteiger partial charge on any atom is -0.493 e. The quantitative estimate of drug-likeness (QED) is 0.437. The number of hydrogen-bond acceptors (Lipinski definition) is 6. The highest BCUT2D eigenvalue weighted by molar-refractivity contribution is 5.99. The van der Waals surface area contributed by atoms with Crippen LogP contribution in [0.3, 0.4) is 0 Å². The van der Waals surface area contributed by atoms with Gasteiger partial charge in [-0.25, -0.2) is 0 Å². The highest BCUT2D eigenvalue weighted by Gasteiger charge is 2.19. The molecule has 7 heteroatoms. The highest BCUT2D eigenvalue weighted by atomic mass is 16.5. The minimum absolute atomic E-state index is 0.0689. The van der Waals surface area contributed by atoms with Gasteiger partial charge in [0.1, 0.15) is 11.5 Å². The summed E-state index contributed by atoms with van der Waals surface area (Å²) >= 11 is 0. The maximum Gasteiger partial charge on any atom is 0.309 e. The van der Waals surface area contributed by atoms with Gasteiger partial charge in [-0.1, -0.05) is 23.4 Å². The van der Waals surface area contributed by atoms with Gasteiger partial charge in [0.2, 0.25) is 5.78 Å². The Kier molecular flexibility index (Phi) is 5.93. The van der Waals surface area contributed by atoms with Crippen LogP contribution in [0.4, 0.5) is 0 Å². The van der Waals surface area contributed by atoms with Crippen LogP contribution in [-0.4, -0.2) is 34.7 Å². The number of esters is 1. The molecule has 28 heavy (non-hydrogen) atoms. The Morgan fingerprint density at radius 3 is 2.54 bits per heavy atom. The summed E-state index contributed by atoms with van der Waals surface area (Å²) in [5.74, 6) is 1.23. The summed E-state index contributed by atoms with van der Waals surface area (Å²) in [5, 5.41) is 3.99. The molecule has 7 nitrogen and oxygen atoms in total. The second kappa shape index (κ2) is 8.56. The van der Waals surface area contributed by atoms with E-state index < -0.39 is 5.97 Å². The Morgan fingerprint density at radius 1 is 1.11 bits per heavy atom. The summed E-state index contributed by atoms with van der Waals surface area (Å²) in [4.78, 5) is 24.4. The Hall–Kier alpha value is -3.35. The molecule has 0 aliphatic heterocycles. The number of para-hydroxylation sites is 1. The van der Waals surface area contributed by atoms with Crippen molar-refractivity contribution in [1.82, 2.24) is 9.72 Å². The van der Waals surface area contributed by atoms with Gasteiger partial charge < -0.3 is 14.0 Å². The smallest absolute Gasteiger partial charge is 0.309 e. The highest BCUT2D eigenvalue weighted by Crippen LogP contribution is 2.21. The number of ether oxygens (including phenoxy) is 2. The van der Waals surface area contributed by atoms with E-state index in [1.54, 1.807) is 31.2 Å². The van der Waals surface area contributed by atoms with Gasteiger partial charge in [-0.2, -0.15) is 0 Å². The summed E-state index contributed by atoms with van der Waals surface area (Å²) in [5.41, 5.74) is 2.06. The molecule has 0 aliphatic carbocycles.